The van der Waals surface area contributed by atoms with Crippen molar-refractivity contribution in [3.8, 4) is 0 Å². The van der Waals surface area contributed by atoms with Crippen LogP contribution in [0.2, 0.25) is 0 Å². The van der Waals surface area contributed by atoms with Crippen LogP contribution in [-0.4, -0.2) is 23.5 Å². The fourth-order valence-electron chi connectivity index (χ4n) is 0.339. The standard InChI is InChI=1S/C4H8N2O3/c5-1-2(3(6)7)4(8)9/h2H,1,5H2,(H2,6,7)(H,8,9). The van der Waals surface area contributed by atoms with Crippen LogP contribution in [0.15, 0.2) is 0 Å². The number of primary amides is 1. The molecular formula is C4H8N2O3. The Morgan fingerprint density at radius 2 is 2.00 bits per heavy atom. The van der Waals surface area contributed by atoms with Crippen LogP contribution in [0.4, 0.5) is 0 Å². The smallest absolute Gasteiger partial charge is 0.317 e. The van der Waals surface area contributed by atoms with Crippen LogP contribution in [0, 0.1) is 5.92 Å². The molecule has 0 spiro atoms. The molecule has 0 aromatic carbocycles. The van der Waals surface area contributed by atoms with E-state index in [0.717, 1.165) is 0 Å². The van der Waals surface area contributed by atoms with Crippen molar-refractivity contribution in [1.29, 1.82) is 0 Å². The first-order chi connectivity index (χ1) is 4.09. The van der Waals surface area contributed by atoms with Gasteiger partial charge in [0.25, 0.3) is 0 Å². The van der Waals surface area contributed by atoms with Crippen LogP contribution in [0.3, 0.4) is 0 Å². The van der Waals surface area contributed by atoms with Crippen LogP contribution in [0.25, 0.3) is 0 Å². The van der Waals surface area contributed by atoms with Crippen molar-refractivity contribution >= 4 is 11.9 Å². The highest BCUT2D eigenvalue weighted by molar-refractivity contribution is 5.96. The Labute approximate surface area is 51.6 Å². The summed E-state index contributed by atoms with van der Waals surface area (Å²) in [5.74, 6) is -3.42. The molecule has 0 aliphatic heterocycles. The lowest BCUT2D eigenvalue weighted by Crippen LogP contribution is -2.35. The molecule has 0 rings (SSSR count). The highest BCUT2D eigenvalue weighted by Gasteiger charge is 2.20. The molecule has 1 unspecified atom stereocenters. The Hall–Kier alpha value is -1.10. The zero-order valence-electron chi connectivity index (χ0n) is 4.70. The topological polar surface area (TPSA) is 106 Å². The number of carbonyl (C=O) groups excluding carboxylic acids is 1. The van der Waals surface area contributed by atoms with Gasteiger partial charge in [-0.3, -0.25) is 9.59 Å². The minimum Gasteiger partial charge on any atom is -0.481 e. The lowest BCUT2D eigenvalue weighted by Gasteiger charge is -2.01. The molecule has 5 nitrogen and oxygen atoms in total. The number of hydrogen-bond donors (Lipinski definition) is 3. The maximum Gasteiger partial charge on any atom is 0.317 e. The molecule has 0 aromatic rings. The van der Waals surface area contributed by atoms with Gasteiger partial charge in [-0.1, -0.05) is 0 Å². The molecule has 5 N–H and O–H groups in total. The number of hydrogen-bond acceptors (Lipinski definition) is 3. The van der Waals surface area contributed by atoms with E-state index in [4.69, 9.17) is 10.8 Å². The summed E-state index contributed by atoms with van der Waals surface area (Å²) in [6.45, 7) is -0.245. The van der Waals surface area contributed by atoms with Gasteiger partial charge in [0, 0.05) is 6.54 Å². The lowest BCUT2D eigenvalue weighted by molar-refractivity contribution is -0.145. The molecule has 1 amide bonds. The van der Waals surface area contributed by atoms with Gasteiger partial charge in [-0.05, 0) is 0 Å². The van der Waals surface area contributed by atoms with Gasteiger partial charge in [0.15, 0.2) is 0 Å². The maximum absolute atomic E-state index is 10.1. The Morgan fingerprint density at radius 1 is 1.56 bits per heavy atom. The number of nitrogens with two attached hydrogens (primary N) is 2. The number of carbonyl (C=O) groups is 2. The Balaban J connectivity index is 3.99. The summed E-state index contributed by atoms with van der Waals surface area (Å²) in [6, 6.07) is 0. The molecule has 0 saturated carbocycles. The molecule has 0 aliphatic carbocycles. The monoisotopic (exact) mass is 132 g/mol. The third-order valence-corrected chi connectivity index (χ3v) is 0.877. The van der Waals surface area contributed by atoms with Gasteiger partial charge in [0.05, 0.1) is 0 Å². The lowest BCUT2D eigenvalue weighted by atomic mass is 10.1. The van der Waals surface area contributed by atoms with Crippen molar-refractivity contribution in [2.45, 2.75) is 0 Å². The zero-order chi connectivity index (χ0) is 7.44. The van der Waals surface area contributed by atoms with Crippen LogP contribution in [0.1, 0.15) is 0 Å². The number of amides is 1. The predicted molar refractivity (Wildman–Crippen MR) is 29.4 cm³/mol. The van der Waals surface area contributed by atoms with Gasteiger partial charge in [-0.25, -0.2) is 0 Å². The van der Waals surface area contributed by atoms with Crippen LogP contribution in [0.5, 0.6) is 0 Å². The molecule has 0 saturated heterocycles. The fraction of sp³-hybridized carbons (Fsp3) is 0.500. The summed E-state index contributed by atoms with van der Waals surface area (Å²) >= 11 is 0. The SMILES string of the molecule is NCC(C(N)=O)C(=O)O. The third kappa shape index (κ3) is 2.09. The van der Waals surface area contributed by atoms with E-state index in [9.17, 15) is 9.59 Å². The molecule has 0 bridgehead atoms. The van der Waals surface area contributed by atoms with Gasteiger partial charge in [-0.15, -0.1) is 0 Å². The average molecular weight is 132 g/mol. The average Bonchev–Trinajstić information content (AvgIpc) is 1.64. The van der Waals surface area contributed by atoms with Crippen molar-refractivity contribution in [2.24, 2.45) is 17.4 Å². The Morgan fingerprint density at radius 3 is 2.00 bits per heavy atom. The molecule has 0 aromatic heterocycles. The molecule has 52 valence electrons. The van der Waals surface area contributed by atoms with E-state index in [1.165, 1.54) is 0 Å². The summed E-state index contributed by atoms with van der Waals surface area (Å²) < 4.78 is 0. The van der Waals surface area contributed by atoms with Gasteiger partial charge in [0.2, 0.25) is 5.91 Å². The minimum absolute atomic E-state index is 0.245. The molecular weight excluding hydrogens is 124 g/mol. The molecule has 9 heavy (non-hydrogen) atoms. The summed E-state index contributed by atoms with van der Waals surface area (Å²) in [5, 5.41) is 8.16. The van der Waals surface area contributed by atoms with Gasteiger partial charge < -0.3 is 16.6 Å². The van der Waals surface area contributed by atoms with E-state index < -0.39 is 17.8 Å². The predicted octanol–water partition coefficient (Wildman–Crippen LogP) is -1.87. The first-order valence-corrected chi connectivity index (χ1v) is 2.31. The fourth-order valence-corrected chi connectivity index (χ4v) is 0.339. The van der Waals surface area contributed by atoms with Crippen molar-refractivity contribution in [3.63, 3.8) is 0 Å². The van der Waals surface area contributed by atoms with E-state index >= 15 is 0 Å². The largest absolute Gasteiger partial charge is 0.481 e. The highest BCUT2D eigenvalue weighted by Crippen LogP contribution is 1.89. The second kappa shape index (κ2) is 3.03. The molecule has 0 radical (unpaired) electrons. The minimum atomic E-state index is -1.27. The molecule has 0 aliphatic rings. The van der Waals surface area contributed by atoms with Crippen molar-refractivity contribution < 1.29 is 14.7 Å². The van der Waals surface area contributed by atoms with Gasteiger partial charge in [-0.2, -0.15) is 0 Å². The number of carboxylic acid groups (broad SMARTS) is 1. The summed E-state index contributed by atoms with van der Waals surface area (Å²) in [5.41, 5.74) is 9.54. The van der Waals surface area contributed by atoms with Gasteiger partial charge >= 0.3 is 5.97 Å². The van der Waals surface area contributed by atoms with Crippen LogP contribution in [-0.2, 0) is 9.59 Å². The first kappa shape index (κ1) is 7.90. The molecule has 0 heterocycles. The van der Waals surface area contributed by atoms with E-state index in [-0.39, 0.29) is 6.54 Å². The molecule has 5 heteroatoms. The number of carboxylic acids is 1. The molecule has 0 fully saturated rings. The summed E-state index contributed by atoms with van der Waals surface area (Å²) in [7, 11) is 0. The second-order valence-corrected chi connectivity index (χ2v) is 1.53. The third-order valence-electron chi connectivity index (χ3n) is 0.877. The zero-order valence-corrected chi connectivity index (χ0v) is 4.70. The first-order valence-electron chi connectivity index (χ1n) is 2.31. The second-order valence-electron chi connectivity index (χ2n) is 1.53. The quantitative estimate of drug-likeness (QED) is 0.391. The normalized spacial score (nSPS) is 12.6. The molecule has 1 atom stereocenters. The number of rotatable bonds is 3. The highest BCUT2D eigenvalue weighted by atomic mass is 16.4. The van der Waals surface area contributed by atoms with Crippen molar-refractivity contribution in [3.05, 3.63) is 0 Å². The van der Waals surface area contributed by atoms with Crippen LogP contribution < -0.4 is 11.5 Å². The van der Waals surface area contributed by atoms with Crippen molar-refractivity contribution in [1.82, 2.24) is 0 Å². The van der Waals surface area contributed by atoms with Crippen molar-refractivity contribution in [2.75, 3.05) is 6.54 Å². The summed E-state index contributed by atoms with van der Waals surface area (Å²) in [6.07, 6.45) is 0. The van der Waals surface area contributed by atoms with Crippen LogP contribution >= 0.6 is 0 Å². The maximum atomic E-state index is 10.1. The number of aliphatic carboxylic acids is 1. The Bertz CT molecular complexity index is 120. The van der Waals surface area contributed by atoms with E-state index in [2.05, 4.69) is 5.73 Å². The van der Waals surface area contributed by atoms with Gasteiger partial charge in [0.1, 0.15) is 5.92 Å². The van der Waals surface area contributed by atoms with E-state index in [0.29, 0.717) is 0 Å². The summed E-state index contributed by atoms with van der Waals surface area (Å²) in [4.78, 5) is 20.1. The van der Waals surface area contributed by atoms with E-state index in [1.807, 2.05) is 0 Å². The Kier molecular flexibility index (Phi) is 2.66. The van der Waals surface area contributed by atoms with E-state index in [1.54, 1.807) is 0 Å².